The monoisotopic (exact) mass is 352 g/mol. The maximum Gasteiger partial charge on any atom is 0.251 e. The SMILES string of the molecule is CC1(C)Cc2c(sc(NC(=O)[C@H]3C[C@@H]3CO)c2C(N)=O)C(C)(C)O1. The molecule has 1 aliphatic carbocycles. The van der Waals surface area contributed by atoms with Gasteiger partial charge in [-0.2, -0.15) is 0 Å². The van der Waals surface area contributed by atoms with Gasteiger partial charge in [-0.25, -0.2) is 0 Å². The first-order chi connectivity index (χ1) is 11.1. The number of carbonyl (C=O) groups excluding carboxylic acids is 2. The molecule has 3 rings (SSSR count). The highest BCUT2D eigenvalue weighted by molar-refractivity contribution is 7.17. The minimum Gasteiger partial charge on any atom is -0.396 e. The quantitative estimate of drug-likeness (QED) is 0.771. The van der Waals surface area contributed by atoms with E-state index in [1.54, 1.807) is 0 Å². The van der Waals surface area contributed by atoms with Crippen LogP contribution in [0.4, 0.5) is 5.00 Å². The number of hydrogen-bond acceptors (Lipinski definition) is 5. The Kier molecular flexibility index (Phi) is 4.01. The summed E-state index contributed by atoms with van der Waals surface area (Å²) < 4.78 is 6.15. The summed E-state index contributed by atoms with van der Waals surface area (Å²) in [5, 5.41) is 12.5. The molecule has 1 aromatic rings. The minimum atomic E-state index is -0.553. The Balaban J connectivity index is 1.98. The van der Waals surface area contributed by atoms with Crippen molar-refractivity contribution in [2.24, 2.45) is 17.6 Å². The van der Waals surface area contributed by atoms with Crippen molar-refractivity contribution in [3.8, 4) is 0 Å². The molecule has 132 valence electrons. The molecule has 4 N–H and O–H groups in total. The van der Waals surface area contributed by atoms with Gasteiger partial charge < -0.3 is 20.9 Å². The van der Waals surface area contributed by atoms with Crippen LogP contribution < -0.4 is 11.1 Å². The van der Waals surface area contributed by atoms with E-state index in [0.29, 0.717) is 23.4 Å². The molecule has 2 amide bonds. The summed E-state index contributed by atoms with van der Waals surface area (Å²) in [6.07, 6.45) is 1.25. The molecule has 2 heterocycles. The lowest BCUT2D eigenvalue weighted by molar-refractivity contribution is -0.135. The molecule has 1 fully saturated rings. The largest absolute Gasteiger partial charge is 0.396 e. The molecular weight excluding hydrogens is 328 g/mol. The van der Waals surface area contributed by atoms with Crippen molar-refractivity contribution in [2.75, 3.05) is 11.9 Å². The molecule has 0 saturated heterocycles. The number of nitrogens with one attached hydrogen (secondary N) is 1. The van der Waals surface area contributed by atoms with E-state index in [0.717, 1.165) is 10.4 Å². The Bertz CT molecular complexity index is 708. The number of carbonyl (C=O) groups is 2. The van der Waals surface area contributed by atoms with E-state index >= 15 is 0 Å². The summed E-state index contributed by atoms with van der Waals surface area (Å²) in [6.45, 7) is 7.89. The second kappa shape index (κ2) is 5.54. The van der Waals surface area contributed by atoms with Gasteiger partial charge >= 0.3 is 0 Å². The van der Waals surface area contributed by atoms with E-state index in [9.17, 15) is 9.59 Å². The van der Waals surface area contributed by atoms with Crippen molar-refractivity contribution in [1.82, 2.24) is 0 Å². The second-order valence-electron chi connectivity index (χ2n) is 7.80. The van der Waals surface area contributed by atoms with E-state index < -0.39 is 17.1 Å². The van der Waals surface area contributed by atoms with Gasteiger partial charge in [0.25, 0.3) is 5.91 Å². The van der Waals surface area contributed by atoms with E-state index in [1.807, 2.05) is 27.7 Å². The summed E-state index contributed by atoms with van der Waals surface area (Å²) >= 11 is 1.36. The molecule has 0 spiro atoms. The average Bonchev–Trinajstić information content (AvgIpc) is 3.12. The maximum absolute atomic E-state index is 12.3. The number of fused-ring (bicyclic) bond motifs is 1. The lowest BCUT2D eigenvalue weighted by atomic mass is 9.86. The van der Waals surface area contributed by atoms with Crippen molar-refractivity contribution in [1.29, 1.82) is 0 Å². The van der Waals surface area contributed by atoms with Crippen LogP contribution >= 0.6 is 11.3 Å². The molecule has 24 heavy (non-hydrogen) atoms. The molecular formula is C17H24N2O4S. The van der Waals surface area contributed by atoms with E-state index in [2.05, 4.69) is 5.32 Å². The fourth-order valence-electron chi connectivity index (χ4n) is 3.64. The van der Waals surface area contributed by atoms with E-state index in [1.165, 1.54) is 11.3 Å². The van der Waals surface area contributed by atoms with Crippen LogP contribution in [0.25, 0.3) is 0 Å². The third kappa shape index (κ3) is 2.96. The van der Waals surface area contributed by atoms with Crippen LogP contribution in [-0.4, -0.2) is 29.1 Å². The first-order valence-electron chi connectivity index (χ1n) is 8.13. The summed E-state index contributed by atoms with van der Waals surface area (Å²) in [6, 6.07) is 0. The van der Waals surface area contributed by atoms with Crippen LogP contribution in [0.5, 0.6) is 0 Å². The van der Waals surface area contributed by atoms with Gasteiger partial charge in [-0.05, 0) is 45.6 Å². The molecule has 0 radical (unpaired) electrons. The fourth-order valence-corrected chi connectivity index (χ4v) is 4.91. The Hall–Kier alpha value is -1.44. The van der Waals surface area contributed by atoms with Gasteiger partial charge in [0, 0.05) is 23.8 Å². The number of anilines is 1. The van der Waals surface area contributed by atoms with E-state index in [4.69, 9.17) is 15.6 Å². The summed E-state index contributed by atoms with van der Waals surface area (Å²) in [7, 11) is 0. The highest BCUT2D eigenvalue weighted by Gasteiger charge is 2.45. The molecule has 1 aromatic heterocycles. The van der Waals surface area contributed by atoms with Crippen molar-refractivity contribution in [3.63, 3.8) is 0 Å². The van der Waals surface area contributed by atoms with Crippen molar-refractivity contribution in [2.45, 2.75) is 51.7 Å². The van der Waals surface area contributed by atoms with Crippen LogP contribution in [0.2, 0.25) is 0 Å². The summed E-state index contributed by atoms with van der Waals surface area (Å²) in [4.78, 5) is 25.3. The highest BCUT2D eigenvalue weighted by atomic mass is 32.1. The zero-order chi connectivity index (χ0) is 17.9. The van der Waals surface area contributed by atoms with Crippen molar-refractivity contribution >= 4 is 28.2 Å². The predicted octanol–water partition coefficient (Wildman–Crippen LogP) is 2.00. The predicted molar refractivity (Wildman–Crippen MR) is 92.0 cm³/mol. The fraction of sp³-hybridized carbons (Fsp3) is 0.647. The molecule has 6 nitrogen and oxygen atoms in total. The molecule has 0 aromatic carbocycles. The number of nitrogens with two attached hydrogens (primary N) is 1. The van der Waals surface area contributed by atoms with Gasteiger partial charge in [0.2, 0.25) is 5.91 Å². The molecule has 7 heteroatoms. The zero-order valence-corrected chi connectivity index (χ0v) is 15.3. The molecule has 0 unspecified atom stereocenters. The highest BCUT2D eigenvalue weighted by Crippen LogP contribution is 2.48. The van der Waals surface area contributed by atoms with Crippen LogP contribution in [-0.2, 0) is 21.6 Å². The molecule has 1 aliphatic heterocycles. The van der Waals surface area contributed by atoms with E-state index in [-0.39, 0.29) is 24.3 Å². The average molecular weight is 352 g/mol. The van der Waals surface area contributed by atoms with Crippen molar-refractivity contribution < 1.29 is 19.4 Å². The number of aliphatic hydroxyl groups excluding tert-OH is 1. The van der Waals surface area contributed by atoms with Gasteiger partial charge in [-0.15, -0.1) is 11.3 Å². The van der Waals surface area contributed by atoms with Gasteiger partial charge in [0.05, 0.1) is 16.8 Å². The lowest BCUT2D eigenvalue weighted by Gasteiger charge is -2.41. The molecule has 2 atom stereocenters. The Labute approximate surface area is 145 Å². The van der Waals surface area contributed by atoms with Crippen LogP contribution in [0.15, 0.2) is 0 Å². The first-order valence-corrected chi connectivity index (χ1v) is 8.95. The Morgan fingerprint density at radius 1 is 1.38 bits per heavy atom. The maximum atomic E-state index is 12.3. The number of thiophene rings is 1. The summed E-state index contributed by atoms with van der Waals surface area (Å²) in [5.41, 5.74) is 5.92. The number of primary amides is 1. The van der Waals surface area contributed by atoms with Crippen molar-refractivity contribution in [3.05, 3.63) is 16.0 Å². The molecule has 0 bridgehead atoms. The number of amides is 2. The Morgan fingerprint density at radius 2 is 2.04 bits per heavy atom. The normalized spacial score (nSPS) is 26.5. The number of rotatable bonds is 4. The number of ether oxygens (including phenoxy) is 1. The van der Waals surface area contributed by atoms with Crippen LogP contribution in [0.1, 0.15) is 54.9 Å². The van der Waals surface area contributed by atoms with Crippen LogP contribution in [0.3, 0.4) is 0 Å². The summed E-state index contributed by atoms with van der Waals surface area (Å²) in [5.74, 6) is -0.857. The van der Waals surface area contributed by atoms with Crippen LogP contribution in [0, 0.1) is 11.8 Å². The number of aliphatic hydroxyl groups is 1. The molecule has 2 aliphatic rings. The topological polar surface area (TPSA) is 102 Å². The standard InChI is InChI=1S/C17H24N2O4S/c1-16(2)6-10-11(13(18)21)15(24-12(10)17(3,4)23-16)19-14(22)9-5-8(9)7-20/h8-9,20H,5-7H2,1-4H3,(H2,18,21)(H,19,22)/t8-,9+/m1/s1. The minimum absolute atomic E-state index is 0.0107. The zero-order valence-electron chi connectivity index (χ0n) is 14.4. The lowest BCUT2D eigenvalue weighted by Crippen LogP contribution is -2.42. The first kappa shape index (κ1) is 17.4. The smallest absolute Gasteiger partial charge is 0.251 e. The molecule has 1 saturated carbocycles. The van der Waals surface area contributed by atoms with Gasteiger partial charge in [-0.1, -0.05) is 0 Å². The Morgan fingerprint density at radius 3 is 2.58 bits per heavy atom. The number of hydrogen-bond donors (Lipinski definition) is 3. The second-order valence-corrected chi connectivity index (χ2v) is 8.82. The third-order valence-electron chi connectivity index (χ3n) is 4.66. The third-order valence-corrected chi connectivity index (χ3v) is 6.12. The van der Waals surface area contributed by atoms with Gasteiger partial charge in [0.1, 0.15) is 5.00 Å². The van der Waals surface area contributed by atoms with Gasteiger partial charge in [0.15, 0.2) is 0 Å². The van der Waals surface area contributed by atoms with Gasteiger partial charge in [-0.3, -0.25) is 9.59 Å².